The second-order valence-electron chi connectivity index (χ2n) is 4.28. The summed E-state index contributed by atoms with van der Waals surface area (Å²) in [6.45, 7) is 3.72. The van der Waals surface area contributed by atoms with Gasteiger partial charge in [0, 0.05) is 18.2 Å². The van der Waals surface area contributed by atoms with Gasteiger partial charge in [-0.1, -0.05) is 0 Å². The van der Waals surface area contributed by atoms with Crippen LogP contribution in [-0.2, 0) is 0 Å². The van der Waals surface area contributed by atoms with Crippen LogP contribution in [0.2, 0.25) is 0 Å². The van der Waals surface area contributed by atoms with Crippen LogP contribution in [0.3, 0.4) is 0 Å². The number of nitrogens with two attached hydrogens (primary N) is 1. The van der Waals surface area contributed by atoms with Crippen molar-refractivity contribution >= 4 is 17.0 Å². The number of rotatable bonds is 2. The van der Waals surface area contributed by atoms with Crippen LogP contribution in [0.5, 0.6) is 0 Å². The number of hydrogen-bond acceptors (Lipinski definition) is 6. The van der Waals surface area contributed by atoms with Gasteiger partial charge in [-0.2, -0.15) is 0 Å². The molecule has 0 aliphatic rings. The first-order valence-corrected chi connectivity index (χ1v) is 5.85. The van der Waals surface area contributed by atoms with E-state index in [4.69, 9.17) is 10.3 Å². The molecule has 0 amide bonds. The van der Waals surface area contributed by atoms with Gasteiger partial charge in [0.1, 0.15) is 5.52 Å². The average molecular weight is 255 g/mol. The van der Waals surface area contributed by atoms with Gasteiger partial charge in [-0.3, -0.25) is 5.43 Å². The van der Waals surface area contributed by atoms with Gasteiger partial charge in [0.2, 0.25) is 5.95 Å². The zero-order valence-corrected chi connectivity index (χ0v) is 10.6. The number of oxazole rings is 1. The molecule has 3 aromatic rings. The molecule has 3 rings (SSSR count). The summed E-state index contributed by atoms with van der Waals surface area (Å²) in [6, 6.07) is 7.66. The molecule has 0 saturated carbocycles. The minimum atomic E-state index is 0.395. The van der Waals surface area contributed by atoms with Crippen LogP contribution in [0.15, 0.2) is 28.7 Å². The normalized spacial score (nSPS) is 10.9. The van der Waals surface area contributed by atoms with E-state index < -0.39 is 0 Å². The Balaban J connectivity index is 2.15. The van der Waals surface area contributed by atoms with E-state index in [-0.39, 0.29) is 0 Å². The van der Waals surface area contributed by atoms with Gasteiger partial charge in [-0.05, 0) is 31.2 Å². The Morgan fingerprint density at radius 2 is 1.95 bits per heavy atom. The summed E-state index contributed by atoms with van der Waals surface area (Å²) < 4.78 is 5.45. The van der Waals surface area contributed by atoms with Crippen LogP contribution in [0.4, 0.5) is 5.95 Å². The van der Waals surface area contributed by atoms with Crippen LogP contribution in [-0.4, -0.2) is 15.0 Å². The number of hydrogen-bond donors (Lipinski definition) is 2. The molecule has 0 aliphatic heterocycles. The van der Waals surface area contributed by atoms with E-state index in [1.54, 1.807) is 0 Å². The summed E-state index contributed by atoms with van der Waals surface area (Å²) in [7, 11) is 0. The fourth-order valence-electron chi connectivity index (χ4n) is 1.98. The smallest absolute Gasteiger partial charge is 0.237 e. The van der Waals surface area contributed by atoms with Crippen molar-refractivity contribution in [3.63, 3.8) is 0 Å². The molecule has 1 aromatic carbocycles. The lowest BCUT2D eigenvalue weighted by Crippen LogP contribution is -2.11. The van der Waals surface area contributed by atoms with E-state index in [9.17, 15) is 0 Å². The molecule has 0 fully saturated rings. The minimum absolute atomic E-state index is 0.395. The summed E-state index contributed by atoms with van der Waals surface area (Å²) in [5.41, 5.74) is 6.63. The van der Waals surface area contributed by atoms with Crippen LogP contribution < -0.4 is 11.3 Å². The minimum Gasteiger partial charge on any atom is -0.441 e. The van der Waals surface area contributed by atoms with Crippen molar-refractivity contribution in [2.24, 2.45) is 5.84 Å². The third kappa shape index (κ3) is 2.13. The highest BCUT2D eigenvalue weighted by molar-refractivity contribution is 5.79. The second-order valence-corrected chi connectivity index (χ2v) is 4.28. The Morgan fingerprint density at radius 3 is 2.74 bits per heavy atom. The van der Waals surface area contributed by atoms with Crippen molar-refractivity contribution in [2.75, 3.05) is 5.43 Å². The van der Waals surface area contributed by atoms with E-state index >= 15 is 0 Å². The van der Waals surface area contributed by atoms with E-state index in [1.807, 2.05) is 38.1 Å². The number of hydrazine groups is 1. The van der Waals surface area contributed by atoms with E-state index in [0.717, 1.165) is 28.1 Å². The van der Waals surface area contributed by atoms with E-state index in [0.29, 0.717) is 11.8 Å². The number of nitrogens with zero attached hydrogens (tertiary/aromatic N) is 3. The highest BCUT2D eigenvalue weighted by Gasteiger charge is 2.07. The van der Waals surface area contributed by atoms with Crippen molar-refractivity contribution < 1.29 is 4.42 Å². The summed E-state index contributed by atoms with van der Waals surface area (Å²) in [5, 5.41) is 0. The Bertz CT molecular complexity index is 750. The molecule has 6 nitrogen and oxygen atoms in total. The predicted molar refractivity (Wildman–Crippen MR) is 72.3 cm³/mol. The maximum Gasteiger partial charge on any atom is 0.237 e. The maximum atomic E-state index is 5.45. The lowest BCUT2D eigenvalue weighted by Gasteiger charge is -2.05. The van der Waals surface area contributed by atoms with Crippen LogP contribution in [0.1, 0.15) is 11.6 Å². The molecule has 3 N–H and O–H groups in total. The number of nitrogens with one attached hydrogen (secondary N) is 1. The van der Waals surface area contributed by atoms with Crippen LogP contribution in [0, 0.1) is 13.8 Å². The summed E-state index contributed by atoms with van der Waals surface area (Å²) in [5.74, 6) is 6.40. The van der Waals surface area contributed by atoms with Gasteiger partial charge in [-0.25, -0.2) is 20.8 Å². The number of aromatic nitrogens is 3. The van der Waals surface area contributed by atoms with Crippen molar-refractivity contribution in [2.45, 2.75) is 13.8 Å². The number of aryl methyl sites for hydroxylation is 2. The lowest BCUT2D eigenvalue weighted by molar-refractivity contribution is 0.561. The summed E-state index contributed by atoms with van der Waals surface area (Å²) >= 11 is 0. The summed E-state index contributed by atoms with van der Waals surface area (Å²) in [4.78, 5) is 12.8. The maximum absolute atomic E-state index is 5.45. The Morgan fingerprint density at radius 1 is 1.11 bits per heavy atom. The molecule has 0 radical (unpaired) electrons. The molecule has 0 unspecified atom stereocenters. The average Bonchev–Trinajstić information content (AvgIpc) is 2.76. The number of fused-ring (bicyclic) bond motifs is 1. The fourth-order valence-corrected chi connectivity index (χ4v) is 1.98. The van der Waals surface area contributed by atoms with Crippen molar-refractivity contribution in [3.8, 4) is 11.3 Å². The first-order valence-electron chi connectivity index (χ1n) is 5.85. The van der Waals surface area contributed by atoms with Gasteiger partial charge in [0.15, 0.2) is 11.5 Å². The molecular weight excluding hydrogens is 242 g/mol. The van der Waals surface area contributed by atoms with Gasteiger partial charge in [-0.15, -0.1) is 0 Å². The topological polar surface area (TPSA) is 89.9 Å². The first kappa shape index (κ1) is 11.6. The monoisotopic (exact) mass is 255 g/mol. The van der Waals surface area contributed by atoms with Gasteiger partial charge < -0.3 is 4.42 Å². The molecule has 2 aromatic heterocycles. The quantitative estimate of drug-likeness (QED) is 0.539. The van der Waals surface area contributed by atoms with Crippen molar-refractivity contribution in [1.82, 2.24) is 15.0 Å². The number of nitrogen functional groups attached to an aromatic ring is 1. The van der Waals surface area contributed by atoms with Crippen LogP contribution >= 0.6 is 0 Å². The SMILES string of the molecule is Cc1cc(-c2ccc3oc(C)nc3c2)nc(NN)n1. The molecule has 0 saturated heterocycles. The molecule has 0 bridgehead atoms. The highest BCUT2D eigenvalue weighted by Crippen LogP contribution is 2.24. The fraction of sp³-hybridized carbons (Fsp3) is 0.154. The molecule has 96 valence electrons. The zero-order valence-electron chi connectivity index (χ0n) is 10.6. The number of benzene rings is 1. The van der Waals surface area contributed by atoms with E-state index in [1.165, 1.54) is 0 Å². The van der Waals surface area contributed by atoms with Crippen molar-refractivity contribution in [1.29, 1.82) is 0 Å². The van der Waals surface area contributed by atoms with Crippen molar-refractivity contribution in [3.05, 3.63) is 35.9 Å². The van der Waals surface area contributed by atoms with E-state index in [2.05, 4.69) is 20.4 Å². The third-order valence-corrected chi connectivity index (χ3v) is 2.77. The van der Waals surface area contributed by atoms with Gasteiger partial charge >= 0.3 is 0 Å². The molecular formula is C13H13N5O. The summed E-state index contributed by atoms with van der Waals surface area (Å²) in [6.07, 6.45) is 0. The lowest BCUT2D eigenvalue weighted by atomic mass is 10.1. The zero-order chi connectivity index (χ0) is 13.4. The Kier molecular flexibility index (Phi) is 2.64. The first-order chi connectivity index (χ1) is 9.15. The molecule has 0 spiro atoms. The predicted octanol–water partition coefficient (Wildman–Crippen LogP) is 2.19. The van der Waals surface area contributed by atoms with Crippen LogP contribution in [0.25, 0.3) is 22.4 Å². The molecule has 2 heterocycles. The largest absolute Gasteiger partial charge is 0.441 e. The highest BCUT2D eigenvalue weighted by atomic mass is 16.3. The Labute approximate surface area is 109 Å². The Hall–Kier alpha value is -2.47. The van der Waals surface area contributed by atoms with Gasteiger partial charge in [0.25, 0.3) is 0 Å². The third-order valence-electron chi connectivity index (χ3n) is 2.77. The van der Waals surface area contributed by atoms with Gasteiger partial charge in [0.05, 0.1) is 5.69 Å². The number of anilines is 1. The standard InChI is InChI=1S/C13H13N5O/c1-7-5-10(17-13(15-7)18-14)9-3-4-12-11(6-9)16-8(2)19-12/h3-6H,14H2,1-2H3,(H,15,17,18). The molecule has 0 atom stereocenters. The second kappa shape index (κ2) is 4.33. The molecule has 19 heavy (non-hydrogen) atoms. The molecule has 6 heteroatoms. The molecule has 0 aliphatic carbocycles.